The number of rotatable bonds is 4. The molecule has 2 N–H and O–H groups in total. The predicted octanol–water partition coefficient (Wildman–Crippen LogP) is 8.64. The summed E-state index contributed by atoms with van der Waals surface area (Å²) >= 11 is 5.68. The molecule has 0 aromatic heterocycles. The highest BCUT2D eigenvalue weighted by Crippen LogP contribution is 2.42. The number of carbonyl (C=O) groups is 1. The highest BCUT2D eigenvalue weighted by molar-refractivity contribution is 7.81. The average Bonchev–Trinajstić information content (AvgIpc) is 3.05. The van der Waals surface area contributed by atoms with E-state index in [1.165, 1.54) is 11.0 Å². The first kappa shape index (κ1) is 29.6. The fourth-order valence-electron chi connectivity index (χ4n) is 4.45. The molecule has 1 amide bonds. The molecule has 1 aliphatic heterocycles. The van der Waals surface area contributed by atoms with Crippen LogP contribution in [0, 0.1) is 12.0 Å². The molecular weight excluding hydrogens is 551 g/mol. The predicted molar refractivity (Wildman–Crippen MR) is 159 cm³/mol. The number of amidine groups is 1. The number of carbonyl (C=O) groups excluding carboxylic acids is 1. The number of halogens is 3. The average molecular weight is 580 g/mol. The summed E-state index contributed by atoms with van der Waals surface area (Å²) in [4.78, 5) is 18.0. The summed E-state index contributed by atoms with van der Waals surface area (Å²) in [5.74, 6) is 0.00309. The van der Waals surface area contributed by atoms with Gasteiger partial charge in [0.1, 0.15) is 11.4 Å². The molecule has 1 aliphatic rings. The third kappa shape index (κ3) is 6.02. The Labute approximate surface area is 241 Å². The van der Waals surface area contributed by atoms with E-state index in [1.54, 1.807) is 51.7 Å². The maximum absolute atomic E-state index is 13.6. The number of alkyl halides is 3. The van der Waals surface area contributed by atoms with E-state index >= 15 is 0 Å². The van der Waals surface area contributed by atoms with Crippen molar-refractivity contribution in [3.8, 4) is 11.1 Å². The highest BCUT2D eigenvalue weighted by atomic mass is 32.1. The molecule has 0 saturated carbocycles. The van der Waals surface area contributed by atoms with E-state index in [0.717, 1.165) is 23.3 Å². The normalized spacial score (nSPS) is 15.1. The lowest BCUT2D eigenvalue weighted by Crippen LogP contribution is -2.44. The van der Waals surface area contributed by atoms with Crippen LogP contribution in [0.2, 0.25) is 0 Å². The summed E-state index contributed by atoms with van der Waals surface area (Å²) < 4.78 is 46.1. The minimum absolute atomic E-state index is 0.00309. The summed E-state index contributed by atoms with van der Waals surface area (Å²) in [6, 6.07) is 18.0. The van der Waals surface area contributed by atoms with Gasteiger partial charge >= 0.3 is 12.3 Å². The van der Waals surface area contributed by atoms with Gasteiger partial charge in [0, 0.05) is 17.1 Å². The first-order valence-corrected chi connectivity index (χ1v) is 13.0. The number of nitrogens with zero attached hydrogens (tertiary/aromatic N) is 3. The largest absolute Gasteiger partial charge is 0.444 e. The maximum atomic E-state index is 13.6. The van der Waals surface area contributed by atoms with E-state index < -0.39 is 34.7 Å². The Kier molecular flexibility index (Phi) is 7.58. The SMILES string of the molecule is [C-]#[N+]c1ccc(N2C(=N)C(C)(C)N(c3ccc(-c4ccc(NC(=O)OC(C)(C)C)cc4)cc3)C2=S)cc1C(F)(F)F. The van der Waals surface area contributed by atoms with E-state index in [9.17, 15) is 18.0 Å². The van der Waals surface area contributed by atoms with E-state index in [4.69, 9.17) is 28.9 Å². The molecular formula is C30H28F3N5O2S. The number of ether oxygens (including phenoxy) is 1. The Morgan fingerprint density at radius 2 is 1.51 bits per heavy atom. The number of anilines is 3. The van der Waals surface area contributed by atoms with Gasteiger partial charge in [0.25, 0.3) is 0 Å². The van der Waals surface area contributed by atoms with Gasteiger partial charge in [-0.2, -0.15) is 13.2 Å². The summed E-state index contributed by atoms with van der Waals surface area (Å²) in [5, 5.41) is 11.6. The topological polar surface area (TPSA) is 73.0 Å². The zero-order valence-electron chi connectivity index (χ0n) is 23.1. The zero-order chi connectivity index (χ0) is 30.3. The van der Waals surface area contributed by atoms with Gasteiger partial charge in [0.05, 0.1) is 17.7 Å². The second-order valence-corrected chi connectivity index (χ2v) is 11.3. The van der Waals surface area contributed by atoms with Crippen LogP contribution >= 0.6 is 12.2 Å². The number of benzene rings is 3. The van der Waals surface area contributed by atoms with E-state index in [2.05, 4.69) is 10.2 Å². The highest BCUT2D eigenvalue weighted by Gasteiger charge is 2.48. The van der Waals surface area contributed by atoms with Crippen molar-refractivity contribution in [2.75, 3.05) is 15.1 Å². The molecule has 0 atom stereocenters. The smallest absolute Gasteiger partial charge is 0.412 e. The molecule has 4 rings (SSSR count). The van der Waals surface area contributed by atoms with Crippen LogP contribution in [0.5, 0.6) is 0 Å². The fourth-order valence-corrected chi connectivity index (χ4v) is 4.98. The van der Waals surface area contributed by atoms with Crippen LogP contribution in [-0.4, -0.2) is 28.2 Å². The molecule has 41 heavy (non-hydrogen) atoms. The quantitative estimate of drug-likeness (QED) is 0.239. The molecule has 1 fully saturated rings. The summed E-state index contributed by atoms with van der Waals surface area (Å²) in [6.07, 6.45) is -5.27. The second kappa shape index (κ2) is 10.5. The molecule has 3 aromatic carbocycles. The molecule has 3 aromatic rings. The van der Waals surface area contributed by atoms with Gasteiger partial charge in [0.2, 0.25) is 0 Å². The summed E-state index contributed by atoms with van der Waals surface area (Å²) in [5.41, 5.74) is -0.0831. The van der Waals surface area contributed by atoms with Crippen molar-refractivity contribution in [3.63, 3.8) is 0 Å². The van der Waals surface area contributed by atoms with Crippen molar-refractivity contribution in [2.24, 2.45) is 0 Å². The Morgan fingerprint density at radius 1 is 0.976 bits per heavy atom. The van der Waals surface area contributed by atoms with Gasteiger partial charge in [0.15, 0.2) is 10.8 Å². The van der Waals surface area contributed by atoms with Crippen LogP contribution in [0.4, 0.5) is 40.7 Å². The van der Waals surface area contributed by atoms with Crippen molar-refractivity contribution in [3.05, 3.63) is 83.7 Å². The summed E-state index contributed by atoms with van der Waals surface area (Å²) in [6.45, 7) is 16.0. The van der Waals surface area contributed by atoms with Gasteiger partial charge < -0.3 is 9.64 Å². The minimum Gasteiger partial charge on any atom is -0.444 e. The van der Waals surface area contributed by atoms with E-state index in [-0.39, 0.29) is 16.6 Å². The van der Waals surface area contributed by atoms with Crippen LogP contribution in [-0.2, 0) is 10.9 Å². The molecule has 7 nitrogen and oxygen atoms in total. The molecule has 11 heteroatoms. The van der Waals surface area contributed by atoms with E-state index in [0.29, 0.717) is 11.4 Å². The number of hydrogen-bond acceptors (Lipinski definition) is 4. The lowest BCUT2D eigenvalue weighted by atomic mass is 10.0. The van der Waals surface area contributed by atoms with Gasteiger partial charge in [-0.25, -0.2) is 9.64 Å². The van der Waals surface area contributed by atoms with Gasteiger partial charge in [-0.05, 0) is 94.4 Å². The number of thiocarbonyl (C=S) groups is 1. The summed E-state index contributed by atoms with van der Waals surface area (Å²) in [7, 11) is 0. The van der Waals surface area contributed by atoms with Gasteiger partial charge in [-0.1, -0.05) is 30.3 Å². The molecule has 0 radical (unpaired) electrons. The van der Waals surface area contributed by atoms with E-state index in [1.807, 2.05) is 36.4 Å². The lowest BCUT2D eigenvalue weighted by Gasteiger charge is -2.30. The van der Waals surface area contributed by atoms with Gasteiger partial charge in [-0.15, -0.1) is 0 Å². The van der Waals surface area contributed by atoms with Gasteiger partial charge in [-0.3, -0.25) is 15.6 Å². The van der Waals surface area contributed by atoms with Crippen molar-refractivity contribution < 1.29 is 22.7 Å². The molecule has 0 aliphatic carbocycles. The molecule has 1 saturated heterocycles. The van der Waals surface area contributed by atoms with Crippen LogP contribution in [0.1, 0.15) is 40.2 Å². The molecule has 212 valence electrons. The fraction of sp³-hybridized carbons (Fsp3) is 0.267. The molecule has 0 unspecified atom stereocenters. The molecule has 0 spiro atoms. The molecule has 0 bridgehead atoms. The standard InChI is InChI=1S/C30H28F3N5O2S/c1-28(2,3)40-26(39)36-20-11-7-18(8-12-20)19-9-13-21(14-10-19)38-27(41)37(25(34)29(38,4)5)22-15-16-24(35-6)23(17-22)30(31,32)33/h7-17,34H,1-5H3,(H,36,39). The van der Waals surface area contributed by atoms with Crippen molar-refractivity contribution >= 4 is 52.0 Å². The Balaban J connectivity index is 1.58. The number of amides is 1. The number of nitrogens with one attached hydrogen (secondary N) is 2. The minimum atomic E-state index is -4.73. The second-order valence-electron chi connectivity index (χ2n) is 10.9. The zero-order valence-corrected chi connectivity index (χ0v) is 23.9. The third-order valence-electron chi connectivity index (χ3n) is 6.40. The Morgan fingerprint density at radius 3 is 2.02 bits per heavy atom. The van der Waals surface area contributed by atoms with Crippen molar-refractivity contribution in [1.82, 2.24) is 0 Å². The van der Waals surface area contributed by atoms with Crippen LogP contribution in [0.15, 0.2) is 66.7 Å². The van der Waals surface area contributed by atoms with Crippen molar-refractivity contribution in [1.29, 1.82) is 5.41 Å². The monoisotopic (exact) mass is 579 g/mol. The third-order valence-corrected chi connectivity index (χ3v) is 6.76. The van der Waals surface area contributed by atoms with Crippen LogP contribution in [0.3, 0.4) is 0 Å². The first-order valence-electron chi connectivity index (χ1n) is 12.6. The first-order chi connectivity index (χ1) is 19.0. The Hall–Kier alpha value is -4.43. The van der Waals surface area contributed by atoms with Crippen LogP contribution in [0.25, 0.3) is 16.0 Å². The van der Waals surface area contributed by atoms with Crippen LogP contribution < -0.4 is 15.1 Å². The lowest BCUT2D eigenvalue weighted by molar-refractivity contribution is -0.136. The molecule has 1 heterocycles. The number of hydrogen-bond donors (Lipinski definition) is 2. The maximum Gasteiger partial charge on any atom is 0.412 e. The van der Waals surface area contributed by atoms with Crippen molar-refractivity contribution in [2.45, 2.75) is 51.9 Å². The Bertz CT molecular complexity index is 1550.